The van der Waals surface area contributed by atoms with Gasteiger partial charge in [0.15, 0.2) is 6.29 Å². The van der Waals surface area contributed by atoms with Crippen molar-refractivity contribution in [1.29, 1.82) is 0 Å². The highest BCUT2D eigenvalue weighted by molar-refractivity contribution is 5.79. The molecule has 1 N–H and O–H groups in total. The van der Waals surface area contributed by atoms with Gasteiger partial charge in [-0.1, -0.05) is 109 Å². The second kappa shape index (κ2) is 14.3. The van der Waals surface area contributed by atoms with Gasteiger partial charge in [0, 0.05) is 5.92 Å². The zero-order valence-electron chi connectivity index (χ0n) is 25.4. The van der Waals surface area contributed by atoms with Crippen molar-refractivity contribution in [3.63, 3.8) is 0 Å². The van der Waals surface area contributed by atoms with E-state index in [1.54, 1.807) is 20.8 Å². The van der Waals surface area contributed by atoms with Gasteiger partial charge < -0.3 is 24.3 Å². The number of carbonyl (C=O) groups is 2. The predicted molar refractivity (Wildman–Crippen MR) is 169 cm³/mol. The summed E-state index contributed by atoms with van der Waals surface area (Å²) in [5, 5.41) is 2.87. The van der Waals surface area contributed by atoms with Crippen LogP contribution in [0.4, 0.5) is 4.79 Å². The van der Waals surface area contributed by atoms with E-state index in [0.29, 0.717) is 0 Å². The molecule has 1 aliphatic carbocycles. The van der Waals surface area contributed by atoms with Crippen LogP contribution in [0.25, 0.3) is 11.1 Å². The Bertz CT molecular complexity index is 1440. The number of carbonyl (C=O) groups excluding carboxylic acids is 2. The van der Waals surface area contributed by atoms with Crippen LogP contribution in [0.5, 0.6) is 0 Å². The fourth-order valence-corrected chi connectivity index (χ4v) is 5.36. The number of alkyl carbamates (subject to hydrolysis) is 1. The van der Waals surface area contributed by atoms with E-state index in [0.717, 1.165) is 33.4 Å². The number of hydrogen-bond donors (Lipinski definition) is 1. The van der Waals surface area contributed by atoms with Gasteiger partial charge in [0.05, 0.1) is 25.7 Å². The third-order valence-corrected chi connectivity index (χ3v) is 7.30. The molecular weight excluding hydrogens is 554 g/mol. The molecule has 0 fully saturated rings. The molecule has 0 radical (unpaired) electrons. The quantitative estimate of drug-likeness (QED) is 0.136. The maximum Gasteiger partial charge on any atom is 0.407 e. The monoisotopic (exact) mass is 593 g/mol. The summed E-state index contributed by atoms with van der Waals surface area (Å²) in [5.41, 5.74) is 5.67. The molecule has 228 valence electrons. The maximum absolute atomic E-state index is 13.4. The van der Waals surface area contributed by atoms with Gasteiger partial charge in [0.2, 0.25) is 0 Å². The highest BCUT2D eigenvalue weighted by atomic mass is 16.7. The Labute approximate surface area is 259 Å². The van der Waals surface area contributed by atoms with Crippen LogP contribution in [0.15, 0.2) is 109 Å². The van der Waals surface area contributed by atoms with E-state index >= 15 is 0 Å². The van der Waals surface area contributed by atoms with Gasteiger partial charge in [-0.3, -0.25) is 4.79 Å². The molecule has 44 heavy (non-hydrogen) atoms. The van der Waals surface area contributed by atoms with Crippen molar-refractivity contribution >= 4 is 12.1 Å². The molecule has 1 aliphatic rings. The number of benzene rings is 4. The summed E-state index contributed by atoms with van der Waals surface area (Å²) < 4.78 is 23.8. The Morgan fingerprint density at radius 2 is 1.18 bits per heavy atom. The Kier molecular flexibility index (Phi) is 10.1. The third-order valence-electron chi connectivity index (χ3n) is 7.30. The zero-order valence-corrected chi connectivity index (χ0v) is 25.4. The van der Waals surface area contributed by atoms with Gasteiger partial charge in [-0.25, -0.2) is 4.79 Å². The summed E-state index contributed by atoms with van der Waals surface area (Å²) in [6.07, 6.45) is -1.81. The van der Waals surface area contributed by atoms with Crippen LogP contribution >= 0.6 is 0 Å². The lowest BCUT2D eigenvalue weighted by atomic mass is 9.98. The SMILES string of the molecule is CC(C)(C)OC(=O)CC(NC(=O)OCC1c2ccccc2-c2ccccc21)C(OCc1ccccc1)OCc1ccccc1. The molecular formula is C37H39NO6. The molecule has 0 bridgehead atoms. The molecule has 1 atom stereocenters. The minimum Gasteiger partial charge on any atom is -0.460 e. The Balaban J connectivity index is 1.33. The lowest BCUT2D eigenvalue weighted by Gasteiger charge is -2.29. The summed E-state index contributed by atoms with van der Waals surface area (Å²) in [6.45, 7) is 5.98. The summed E-state index contributed by atoms with van der Waals surface area (Å²) in [5.74, 6) is -0.588. The fourth-order valence-electron chi connectivity index (χ4n) is 5.36. The molecule has 1 amide bonds. The van der Waals surface area contributed by atoms with Crippen LogP contribution < -0.4 is 5.32 Å². The smallest absolute Gasteiger partial charge is 0.407 e. The molecule has 0 heterocycles. The lowest BCUT2D eigenvalue weighted by molar-refractivity contribution is -0.181. The molecule has 0 saturated carbocycles. The predicted octanol–water partition coefficient (Wildman–Crippen LogP) is 7.39. The van der Waals surface area contributed by atoms with Gasteiger partial charge in [0.25, 0.3) is 0 Å². The van der Waals surface area contributed by atoms with Crippen molar-refractivity contribution in [2.45, 2.75) is 64.3 Å². The first kappa shape index (κ1) is 31.0. The van der Waals surface area contributed by atoms with E-state index in [4.69, 9.17) is 18.9 Å². The number of ether oxygens (including phenoxy) is 4. The van der Waals surface area contributed by atoms with E-state index in [1.807, 2.05) is 84.9 Å². The number of amides is 1. The number of nitrogens with one attached hydrogen (secondary N) is 1. The van der Waals surface area contributed by atoms with E-state index in [-0.39, 0.29) is 32.2 Å². The van der Waals surface area contributed by atoms with Gasteiger partial charge in [0.1, 0.15) is 12.2 Å². The number of hydrogen-bond acceptors (Lipinski definition) is 6. The largest absolute Gasteiger partial charge is 0.460 e. The molecule has 0 aromatic heterocycles. The van der Waals surface area contributed by atoms with Gasteiger partial charge >= 0.3 is 12.1 Å². The average molecular weight is 594 g/mol. The maximum atomic E-state index is 13.4. The molecule has 0 saturated heterocycles. The summed E-state index contributed by atoms with van der Waals surface area (Å²) in [6, 6.07) is 34.7. The van der Waals surface area contributed by atoms with Gasteiger partial charge in [-0.2, -0.15) is 0 Å². The van der Waals surface area contributed by atoms with E-state index < -0.39 is 30.0 Å². The molecule has 7 heteroatoms. The first-order valence-electron chi connectivity index (χ1n) is 14.9. The molecule has 4 aromatic carbocycles. The topological polar surface area (TPSA) is 83.1 Å². The normalized spacial score (nSPS) is 13.2. The molecule has 4 aromatic rings. The van der Waals surface area contributed by atoms with Crippen LogP contribution in [0.2, 0.25) is 0 Å². The van der Waals surface area contributed by atoms with E-state index in [9.17, 15) is 9.59 Å². The van der Waals surface area contributed by atoms with E-state index in [2.05, 4.69) is 29.6 Å². The second-order valence-corrected chi connectivity index (χ2v) is 11.8. The van der Waals surface area contributed by atoms with Crippen molar-refractivity contribution in [3.8, 4) is 11.1 Å². The van der Waals surface area contributed by atoms with Crippen molar-refractivity contribution in [1.82, 2.24) is 5.32 Å². The van der Waals surface area contributed by atoms with Crippen LogP contribution in [-0.4, -0.2) is 36.6 Å². The summed E-state index contributed by atoms with van der Waals surface area (Å²) >= 11 is 0. The highest BCUT2D eigenvalue weighted by Gasteiger charge is 2.32. The number of fused-ring (bicyclic) bond motifs is 3. The highest BCUT2D eigenvalue weighted by Crippen LogP contribution is 2.44. The van der Waals surface area contributed by atoms with Gasteiger partial charge in [-0.05, 0) is 54.2 Å². The van der Waals surface area contributed by atoms with Crippen molar-refractivity contribution < 1.29 is 28.5 Å². The zero-order chi connectivity index (χ0) is 30.9. The Morgan fingerprint density at radius 1 is 0.705 bits per heavy atom. The van der Waals surface area contributed by atoms with Crippen molar-refractivity contribution in [2.24, 2.45) is 0 Å². The molecule has 7 nitrogen and oxygen atoms in total. The minimum absolute atomic E-state index is 0.100. The lowest BCUT2D eigenvalue weighted by Crippen LogP contribution is -2.48. The van der Waals surface area contributed by atoms with E-state index in [1.165, 1.54) is 0 Å². The van der Waals surface area contributed by atoms with Crippen LogP contribution in [0, 0.1) is 0 Å². The number of rotatable bonds is 12. The first-order valence-corrected chi connectivity index (χ1v) is 14.9. The fraction of sp³-hybridized carbons (Fsp3) is 0.297. The van der Waals surface area contributed by atoms with Crippen molar-refractivity contribution in [2.75, 3.05) is 6.61 Å². The van der Waals surface area contributed by atoms with Crippen molar-refractivity contribution in [3.05, 3.63) is 131 Å². The molecule has 0 spiro atoms. The molecule has 5 rings (SSSR count). The minimum atomic E-state index is -0.969. The van der Waals surface area contributed by atoms with Crippen LogP contribution in [-0.2, 0) is 37.0 Å². The summed E-state index contributed by atoms with van der Waals surface area (Å²) in [4.78, 5) is 26.4. The summed E-state index contributed by atoms with van der Waals surface area (Å²) in [7, 11) is 0. The molecule has 1 unspecified atom stereocenters. The number of esters is 1. The van der Waals surface area contributed by atoms with Gasteiger partial charge in [-0.15, -0.1) is 0 Å². The Morgan fingerprint density at radius 3 is 1.68 bits per heavy atom. The third kappa shape index (κ3) is 8.34. The Hall–Kier alpha value is -4.46. The van der Waals surface area contributed by atoms with Crippen LogP contribution in [0.1, 0.15) is 55.4 Å². The first-order chi connectivity index (χ1) is 21.3. The second-order valence-electron chi connectivity index (χ2n) is 11.8. The molecule has 0 aliphatic heterocycles. The average Bonchev–Trinajstić information content (AvgIpc) is 3.33. The van der Waals surface area contributed by atoms with Crippen LogP contribution in [0.3, 0.4) is 0 Å². The standard InChI is InChI=1S/C37H39NO6/c1-37(2,3)44-34(39)22-33(35(41-23-26-14-6-4-7-15-26)42-24-27-16-8-5-9-17-27)38-36(40)43-25-32-30-20-12-10-18-28(30)29-19-11-13-21-31(29)32/h4-21,32-33,35H,22-25H2,1-3H3,(H,38,40).